The molecule has 2 saturated heterocycles. The molecule has 1 aromatic heterocycles. The second-order valence-electron chi connectivity index (χ2n) is 5.74. The van der Waals surface area contributed by atoms with Gasteiger partial charge < -0.3 is 15.0 Å². The maximum Gasteiger partial charge on any atom is 0.227 e. The molecule has 20 heavy (non-hydrogen) atoms. The quantitative estimate of drug-likeness (QED) is 0.879. The third kappa shape index (κ3) is 3.02. The summed E-state index contributed by atoms with van der Waals surface area (Å²) in [5.74, 6) is 1.73. The summed E-state index contributed by atoms with van der Waals surface area (Å²) in [7, 11) is 0. The molecular formula is C14H23N5O. The van der Waals surface area contributed by atoms with Crippen molar-refractivity contribution in [2.45, 2.75) is 25.9 Å². The molecular weight excluding hydrogens is 254 g/mol. The summed E-state index contributed by atoms with van der Waals surface area (Å²) in [6.45, 7) is 10.2. The highest BCUT2D eigenvalue weighted by Crippen LogP contribution is 2.16. The number of ether oxygens (including phenoxy) is 1. The minimum atomic E-state index is 0.399. The van der Waals surface area contributed by atoms with E-state index in [2.05, 4.69) is 38.9 Å². The number of aromatic nitrogens is 2. The fourth-order valence-electron chi connectivity index (χ4n) is 2.55. The van der Waals surface area contributed by atoms with E-state index >= 15 is 0 Å². The Morgan fingerprint density at radius 1 is 1.25 bits per heavy atom. The average Bonchev–Trinajstić information content (AvgIpc) is 2.43. The Bertz CT molecular complexity index is 441. The third-order valence-corrected chi connectivity index (χ3v) is 3.96. The van der Waals surface area contributed by atoms with Gasteiger partial charge in [-0.25, -0.2) is 4.98 Å². The predicted octanol–water partition coefficient (Wildman–Crippen LogP) is 0.818. The molecule has 2 fully saturated rings. The third-order valence-electron chi connectivity index (χ3n) is 3.96. The van der Waals surface area contributed by atoms with Crippen LogP contribution in [-0.2, 0) is 4.74 Å². The zero-order valence-electron chi connectivity index (χ0n) is 12.2. The lowest BCUT2D eigenvalue weighted by atomic mass is 10.2. The van der Waals surface area contributed by atoms with Gasteiger partial charge in [0.25, 0.3) is 0 Å². The molecule has 0 amide bonds. The Kier molecular flexibility index (Phi) is 4.03. The van der Waals surface area contributed by atoms with Crippen molar-refractivity contribution in [3.8, 4) is 0 Å². The highest BCUT2D eigenvalue weighted by molar-refractivity contribution is 5.42. The SMILES string of the molecule is CC(C)N1CCN(c2nccc(NC3COC3)n2)CC1. The van der Waals surface area contributed by atoms with E-state index in [4.69, 9.17) is 4.74 Å². The summed E-state index contributed by atoms with van der Waals surface area (Å²) in [6, 6.07) is 2.94. The lowest BCUT2D eigenvalue weighted by Crippen LogP contribution is -2.49. The van der Waals surface area contributed by atoms with E-state index < -0.39 is 0 Å². The highest BCUT2D eigenvalue weighted by atomic mass is 16.5. The molecule has 6 heteroatoms. The number of rotatable bonds is 4. The van der Waals surface area contributed by atoms with Crippen LogP contribution in [0.5, 0.6) is 0 Å². The van der Waals surface area contributed by atoms with E-state index in [0.29, 0.717) is 12.1 Å². The van der Waals surface area contributed by atoms with Crippen molar-refractivity contribution in [3.63, 3.8) is 0 Å². The molecule has 1 N–H and O–H groups in total. The van der Waals surface area contributed by atoms with Gasteiger partial charge in [-0.05, 0) is 19.9 Å². The van der Waals surface area contributed by atoms with Crippen LogP contribution in [0.15, 0.2) is 12.3 Å². The first-order valence-electron chi connectivity index (χ1n) is 7.38. The molecule has 2 aliphatic heterocycles. The molecule has 0 aliphatic carbocycles. The molecule has 110 valence electrons. The van der Waals surface area contributed by atoms with Gasteiger partial charge in [-0.3, -0.25) is 4.90 Å². The van der Waals surface area contributed by atoms with Crippen LogP contribution in [0.4, 0.5) is 11.8 Å². The number of piperazine rings is 1. The van der Waals surface area contributed by atoms with Gasteiger partial charge >= 0.3 is 0 Å². The summed E-state index contributed by atoms with van der Waals surface area (Å²) in [6.07, 6.45) is 1.83. The van der Waals surface area contributed by atoms with Gasteiger partial charge in [0.1, 0.15) is 5.82 Å². The molecule has 3 heterocycles. The topological polar surface area (TPSA) is 53.5 Å². The molecule has 3 rings (SSSR count). The van der Waals surface area contributed by atoms with Crippen LogP contribution in [0.25, 0.3) is 0 Å². The van der Waals surface area contributed by atoms with Crippen LogP contribution in [0.2, 0.25) is 0 Å². The molecule has 0 aromatic carbocycles. The Morgan fingerprint density at radius 2 is 2.00 bits per heavy atom. The second-order valence-corrected chi connectivity index (χ2v) is 5.74. The normalized spacial score (nSPS) is 21.1. The summed E-state index contributed by atoms with van der Waals surface area (Å²) >= 11 is 0. The summed E-state index contributed by atoms with van der Waals surface area (Å²) in [5, 5.41) is 3.37. The largest absolute Gasteiger partial charge is 0.377 e. The van der Waals surface area contributed by atoms with Crippen LogP contribution in [0.1, 0.15) is 13.8 Å². The van der Waals surface area contributed by atoms with E-state index in [1.807, 2.05) is 12.3 Å². The van der Waals surface area contributed by atoms with Gasteiger partial charge in [0.2, 0.25) is 5.95 Å². The number of nitrogens with zero attached hydrogens (tertiary/aromatic N) is 4. The maximum atomic E-state index is 5.17. The average molecular weight is 277 g/mol. The van der Waals surface area contributed by atoms with Crippen molar-refractivity contribution >= 4 is 11.8 Å². The van der Waals surface area contributed by atoms with Gasteiger partial charge in [0, 0.05) is 38.4 Å². The van der Waals surface area contributed by atoms with Crippen LogP contribution in [0, 0.1) is 0 Å². The minimum absolute atomic E-state index is 0.399. The van der Waals surface area contributed by atoms with Crippen molar-refractivity contribution in [2.24, 2.45) is 0 Å². The van der Waals surface area contributed by atoms with Gasteiger partial charge in [-0.15, -0.1) is 0 Å². The lowest BCUT2D eigenvalue weighted by Gasteiger charge is -2.37. The number of anilines is 2. The van der Waals surface area contributed by atoms with Crippen molar-refractivity contribution in [3.05, 3.63) is 12.3 Å². The molecule has 6 nitrogen and oxygen atoms in total. The fraction of sp³-hybridized carbons (Fsp3) is 0.714. The van der Waals surface area contributed by atoms with E-state index in [9.17, 15) is 0 Å². The minimum Gasteiger partial charge on any atom is -0.377 e. The monoisotopic (exact) mass is 277 g/mol. The van der Waals surface area contributed by atoms with E-state index in [0.717, 1.165) is 51.2 Å². The van der Waals surface area contributed by atoms with Crippen molar-refractivity contribution < 1.29 is 4.74 Å². The highest BCUT2D eigenvalue weighted by Gasteiger charge is 2.22. The van der Waals surface area contributed by atoms with Gasteiger partial charge in [-0.1, -0.05) is 0 Å². The van der Waals surface area contributed by atoms with Crippen LogP contribution >= 0.6 is 0 Å². The van der Waals surface area contributed by atoms with Crippen LogP contribution in [-0.4, -0.2) is 66.3 Å². The van der Waals surface area contributed by atoms with Gasteiger partial charge in [0.15, 0.2) is 0 Å². The molecule has 0 spiro atoms. The predicted molar refractivity (Wildman–Crippen MR) is 79.2 cm³/mol. The van der Waals surface area contributed by atoms with E-state index in [-0.39, 0.29) is 0 Å². The van der Waals surface area contributed by atoms with Crippen molar-refractivity contribution in [2.75, 3.05) is 49.6 Å². The Hall–Kier alpha value is -1.40. The molecule has 0 unspecified atom stereocenters. The molecule has 2 aliphatic rings. The van der Waals surface area contributed by atoms with Crippen LogP contribution < -0.4 is 10.2 Å². The molecule has 1 aromatic rings. The van der Waals surface area contributed by atoms with E-state index in [1.54, 1.807) is 0 Å². The zero-order chi connectivity index (χ0) is 13.9. The summed E-state index contributed by atoms with van der Waals surface area (Å²) < 4.78 is 5.17. The number of hydrogen-bond acceptors (Lipinski definition) is 6. The first kappa shape index (κ1) is 13.6. The Balaban J connectivity index is 1.60. The number of hydrogen-bond donors (Lipinski definition) is 1. The molecule has 0 bridgehead atoms. The summed E-state index contributed by atoms with van der Waals surface area (Å²) in [5.41, 5.74) is 0. The molecule has 0 saturated carbocycles. The first-order chi connectivity index (χ1) is 9.72. The Morgan fingerprint density at radius 3 is 2.60 bits per heavy atom. The standard InChI is InChI=1S/C14H23N5O/c1-11(2)18-5-7-19(8-6-18)14-15-4-3-13(17-14)16-12-9-20-10-12/h3-4,11-12H,5-10H2,1-2H3,(H,15,16,17). The van der Waals surface area contributed by atoms with Crippen molar-refractivity contribution in [1.29, 1.82) is 0 Å². The zero-order valence-corrected chi connectivity index (χ0v) is 12.2. The lowest BCUT2D eigenvalue weighted by molar-refractivity contribution is 0.0209. The summed E-state index contributed by atoms with van der Waals surface area (Å²) in [4.78, 5) is 13.8. The van der Waals surface area contributed by atoms with Gasteiger partial charge in [-0.2, -0.15) is 4.98 Å². The fourth-order valence-corrected chi connectivity index (χ4v) is 2.55. The molecule has 0 atom stereocenters. The molecule has 0 radical (unpaired) electrons. The number of nitrogens with one attached hydrogen (secondary N) is 1. The second kappa shape index (κ2) is 5.93. The Labute approximate surface area is 120 Å². The van der Waals surface area contributed by atoms with Crippen LogP contribution in [0.3, 0.4) is 0 Å². The van der Waals surface area contributed by atoms with Gasteiger partial charge in [0.05, 0.1) is 19.3 Å². The first-order valence-corrected chi connectivity index (χ1v) is 7.38. The van der Waals surface area contributed by atoms with E-state index in [1.165, 1.54) is 0 Å². The smallest absolute Gasteiger partial charge is 0.227 e. The van der Waals surface area contributed by atoms with Crippen molar-refractivity contribution in [1.82, 2.24) is 14.9 Å². The maximum absolute atomic E-state index is 5.17.